The van der Waals surface area contributed by atoms with E-state index in [1.54, 1.807) is 0 Å². The summed E-state index contributed by atoms with van der Waals surface area (Å²) in [6.07, 6.45) is 0. The van der Waals surface area contributed by atoms with Gasteiger partial charge in [-0.1, -0.05) is 20.8 Å². The van der Waals surface area contributed by atoms with E-state index in [1.165, 1.54) is 24.3 Å². The molecule has 4 heteroatoms. The summed E-state index contributed by atoms with van der Waals surface area (Å²) in [6, 6.07) is 5.93. The number of carboxylic acids is 1. The molecule has 0 aliphatic carbocycles. The number of nitrogens with one attached hydrogen (secondary N) is 1. The van der Waals surface area contributed by atoms with Crippen molar-refractivity contribution in [2.45, 2.75) is 33.7 Å². The molecular formula is C14H19NO3. The van der Waals surface area contributed by atoms with Crippen LogP contribution in [0.5, 0.6) is 0 Å². The van der Waals surface area contributed by atoms with Crippen molar-refractivity contribution in [3.05, 3.63) is 35.4 Å². The number of hydrogen-bond acceptors (Lipinski definition) is 2. The third-order valence-corrected chi connectivity index (χ3v) is 3.04. The molecule has 1 rings (SSSR count). The third kappa shape index (κ3) is 3.58. The van der Waals surface area contributed by atoms with E-state index in [-0.39, 0.29) is 22.9 Å². The highest BCUT2D eigenvalue weighted by Gasteiger charge is 2.22. The van der Waals surface area contributed by atoms with Crippen LogP contribution in [0.4, 0.5) is 0 Å². The Bertz CT molecular complexity index is 443. The van der Waals surface area contributed by atoms with Crippen molar-refractivity contribution in [1.29, 1.82) is 0 Å². The van der Waals surface area contributed by atoms with Crippen LogP contribution in [0.25, 0.3) is 0 Å². The van der Waals surface area contributed by atoms with Crippen LogP contribution in [-0.2, 0) is 0 Å². The lowest BCUT2D eigenvalue weighted by Gasteiger charge is -2.28. The second kappa shape index (κ2) is 5.21. The van der Waals surface area contributed by atoms with Crippen LogP contribution in [0.15, 0.2) is 24.3 Å². The van der Waals surface area contributed by atoms with Gasteiger partial charge in [0, 0.05) is 11.6 Å². The largest absolute Gasteiger partial charge is 0.478 e. The Balaban J connectivity index is 2.76. The van der Waals surface area contributed by atoms with E-state index in [1.807, 2.05) is 27.7 Å². The van der Waals surface area contributed by atoms with Crippen molar-refractivity contribution >= 4 is 11.9 Å². The van der Waals surface area contributed by atoms with Crippen molar-refractivity contribution in [3.63, 3.8) is 0 Å². The fourth-order valence-corrected chi connectivity index (χ4v) is 1.26. The SMILES string of the molecule is CC(NC(=O)c1ccc(C(=O)O)cc1)C(C)(C)C. The average molecular weight is 249 g/mol. The summed E-state index contributed by atoms with van der Waals surface area (Å²) in [6.45, 7) is 8.09. The Labute approximate surface area is 107 Å². The molecule has 0 saturated carbocycles. The fourth-order valence-electron chi connectivity index (χ4n) is 1.26. The molecule has 2 N–H and O–H groups in total. The minimum absolute atomic E-state index is 0.0172. The molecule has 1 aromatic rings. The molecule has 0 saturated heterocycles. The first-order chi connectivity index (χ1) is 8.21. The van der Waals surface area contributed by atoms with Gasteiger partial charge >= 0.3 is 5.97 Å². The number of aromatic carboxylic acids is 1. The molecule has 1 aromatic carbocycles. The van der Waals surface area contributed by atoms with Crippen LogP contribution >= 0.6 is 0 Å². The molecular weight excluding hydrogens is 230 g/mol. The minimum atomic E-state index is -0.995. The fraction of sp³-hybridized carbons (Fsp3) is 0.429. The van der Waals surface area contributed by atoms with Gasteiger partial charge in [0.15, 0.2) is 0 Å². The first kappa shape index (κ1) is 14.2. The van der Waals surface area contributed by atoms with Crippen LogP contribution in [0.3, 0.4) is 0 Å². The van der Waals surface area contributed by atoms with E-state index >= 15 is 0 Å². The molecule has 1 amide bonds. The Morgan fingerprint density at radius 1 is 1.11 bits per heavy atom. The van der Waals surface area contributed by atoms with Crippen LogP contribution in [0.1, 0.15) is 48.4 Å². The monoisotopic (exact) mass is 249 g/mol. The van der Waals surface area contributed by atoms with Crippen molar-refractivity contribution in [2.75, 3.05) is 0 Å². The molecule has 0 aromatic heterocycles. The molecule has 0 bridgehead atoms. The van der Waals surface area contributed by atoms with Gasteiger partial charge in [0.2, 0.25) is 0 Å². The third-order valence-electron chi connectivity index (χ3n) is 3.04. The van der Waals surface area contributed by atoms with Gasteiger partial charge in [-0.2, -0.15) is 0 Å². The van der Waals surface area contributed by atoms with Gasteiger partial charge in [0.1, 0.15) is 0 Å². The van der Waals surface area contributed by atoms with Gasteiger partial charge in [-0.15, -0.1) is 0 Å². The van der Waals surface area contributed by atoms with Crippen LogP contribution in [0, 0.1) is 5.41 Å². The van der Waals surface area contributed by atoms with Gasteiger partial charge in [0.25, 0.3) is 5.91 Å². The smallest absolute Gasteiger partial charge is 0.335 e. The first-order valence-corrected chi connectivity index (χ1v) is 5.86. The average Bonchev–Trinajstić information content (AvgIpc) is 2.27. The lowest BCUT2D eigenvalue weighted by molar-refractivity contribution is 0.0696. The highest BCUT2D eigenvalue weighted by atomic mass is 16.4. The van der Waals surface area contributed by atoms with E-state index in [0.717, 1.165) is 0 Å². The summed E-state index contributed by atoms with van der Waals surface area (Å²) < 4.78 is 0. The van der Waals surface area contributed by atoms with Gasteiger partial charge < -0.3 is 10.4 Å². The molecule has 1 atom stereocenters. The van der Waals surface area contributed by atoms with Crippen molar-refractivity contribution < 1.29 is 14.7 Å². The zero-order chi connectivity index (χ0) is 13.9. The maximum atomic E-state index is 11.9. The zero-order valence-corrected chi connectivity index (χ0v) is 11.2. The number of hydrogen-bond donors (Lipinski definition) is 2. The minimum Gasteiger partial charge on any atom is -0.478 e. The molecule has 0 aliphatic rings. The standard InChI is InChI=1S/C14H19NO3/c1-9(14(2,3)4)15-12(16)10-5-7-11(8-6-10)13(17)18/h5-9H,1-4H3,(H,15,16)(H,17,18). The number of carboxylic acid groups (broad SMARTS) is 1. The van der Waals surface area contributed by atoms with E-state index in [9.17, 15) is 9.59 Å². The van der Waals surface area contributed by atoms with Gasteiger partial charge in [-0.05, 0) is 36.6 Å². The topological polar surface area (TPSA) is 66.4 Å². The van der Waals surface area contributed by atoms with Crippen LogP contribution < -0.4 is 5.32 Å². The van der Waals surface area contributed by atoms with E-state index in [4.69, 9.17) is 5.11 Å². The lowest BCUT2D eigenvalue weighted by Crippen LogP contribution is -2.41. The van der Waals surface area contributed by atoms with E-state index in [0.29, 0.717) is 5.56 Å². The Morgan fingerprint density at radius 2 is 1.56 bits per heavy atom. The predicted octanol–water partition coefficient (Wildman–Crippen LogP) is 2.55. The van der Waals surface area contributed by atoms with Gasteiger partial charge in [-0.25, -0.2) is 4.79 Å². The summed E-state index contributed by atoms with van der Waals surface area (Å²) in [4.78, 5) is 22.6. The van der Waals surface area contributed by atoms with Crippen LogP contribution in [-0.4, -0.2) is 23.0 Å². The highest BCUT2D eigenvalue weighted by molar-refractivity contribution is 5.96. The number of carbonyl (C=O) groups excluding carboxylic acids is 1. The quantitative estimate of drug-likeness (QED) is 0.865. The summed E-state index contributed by atoms with van der Waals surface area (Å²) in [5, 5.41) is 11.7. The maximum Gasteiger partial charge on any atom is 0.335 e. The Morgan fingerprint density at radius 3 is 1.94 bits per heavy atom. The normalized spacial score (nSPS) is 12.9. The molecule has 98 valence electrons. The first-order valence-electron chi connectivity index (χ1n) is 5.86. The Hall–Kier alpha value is -1.84. The van der Waals surface area contributed by atoms with Gasteiger partial charge in [-0.3, -0.25) is 4.79 Å². The molecule has 0 fully saturated rings. The molecule has 1 unspecified atom stereocenters. The molecule has 0 radical (unpaired) electrons. The number of amides is 1. The highest BCUT2D eigenvalue weighted by Crippen LogP contribution is 2.19. The maximum absolute atomic E-state index is 11.9. The van der Waals surface area contributed by atoms with Gasteiger partial charge in [0.05, 0.1) is 5.56 Å². The molecule has 0 aliphatic heterocycles. The van der Waals surface area contributed by atoms with E-state index < -0.39 is 5.97 Å². The second-order valence-corrected chi connectivity index (χ2v) is 5.44. The summed E-state index contributed by atoms with van der Waals surface area (Å²) in [7, 11) is 0. The lowest BCUT2D eigenvalue weighted by atomic mass is 9.88. The number of benzene rings is 1. The summed E-state index contributed by atoms with van der Waals surface area (Å²) >= 11 is 0. The summed E-state index contributed by atoms with van der Waals surface area (Å²) in [5.74, 6) is -1.18. The zero-order valence-electron chi connectivity index (χ0n) is 11.2. The second-order valence-electron chi connectivity index (χ2n) is 5.44. The summed E-state index contributed by atoms with van der Waals surface area (Å²) in [5.41, 5.74) is 0.628. The van der Waals surface area contributed by atoms with Crippen molar-refractivity contribution in [1.82, 2.24) is 5.32 Å². The van der Waals surface area contributed by atoms with Crippen LogP contribution in [0.2, 0.25) is 0 Å². The number of rotatable bonds is 3. The predicted molar refractivity (Wildman–Crippen MR) is 69.8 cm³/mol. The molecule has 4 nitrogen and oxygen atoms in total. The molecule has 0 heterocycles. The van der Waals surface area contributed by atoms with Crippen molar-refractivity contribution in [3.8, 4) is 0 Å². The molecule has 18 heavy (non-hydrogen) atoms. The van der Waals surface area contributed by atoms with Crippen molar-refractivity contribution in [2.24, 2.45) is 5.41 Å². The Kier molecular flexibility index (Phi) is 4.11. The number of carbonyl (C=O) groups is 2. The van der Waals surface area contributed by atoms with E-state index in [2.05, 4.69) is 5.32 Å². The molecule has 0 spiro atoms.